The van der Waals surface area contributed by atoms with Crippen molar-refractivity contribution in [3.05, 3.63) is 222 Å². The Hall–Kier alpha value is -7.74. The number of fused-ring (bicyclic) bond motifs is 10. The number of hydrogen-bond acceptors (Lipinski definition) is 1. The molecule has 11 aromatic rings. The molecule has 0 bridgehead atoms. The van der Waals surface area contributed by atoms with Crippen LogP contribution in [0.5, 0.6) is 5.75 Å². The summed E-state index contributed by atoms with van der Waals surface area (Å²) in [6, 6.07) is 76.3. The molecule has 0 amide bonds. The largest absolute Gasteiger partial charge is 0.494 e. The first kappa shape index (κ1) is 43.3. The van der Waals surface area contributed by atoms with Crippen molar-refractivity contribution in [1.29, 1.82) is 0 Å². The first-order chi connectivity index (χ1) is 35.0. The fraction of sp³-hybridized carbons (Fsp3) is 0.171. The average Bonchev–Trinajstić information content (AvgIpc) is 3.87. The van der Waals surface area contributed by atoms with Crippen LogP contribution in [0.25, 0.3) is 110 Å². The van der Waals surface area contributed by atoms with Crippen molar-refractivity contribution in [2.24, 2.45) is 0 Å². The van der Waals surface area contributed by atoms with Crippen molar-refractivity contribution in [2.75, 3.05) is 6.61 Å². The quantitative estimate of drug-likeness (QED) is 0.124. The van der Waals surface area contributed by atoms with E-state index in [2.05, 4.69) is 228 Å². The van der Waals surface area contributed by atoms with E-state index in [0.717, 1.165) is 31.4 Å². The minimum absolute atomic E-state index is 0.00500. The van der Waals surface area contributed by atoms with Crippen LogP contribution in [0.15, 0.2) is 200 Å². The highest BCUT2D eigenvalue weighted by Gasteiger charge is 2.42. The summed E-state index contributed by atoms with van der Waals surface area (Å²) < 4.78 is 5.86. The zero-order valence-corrected chi connectivity index (χ0v) is 41.5. The summed E-state index contributed by atoms with van der Waals surface area (Å²) in [5.74, 6) is 0.898. The first-order valence-corrected chi connectivity index (χ1v) is 26.1. The van der Waals surface area contributed by atoms with Crippen LogP contribution in [0.3, 0.4) is 0 Å². The molecule has 0 unspecified atom stereocenters. The molecule has 71 heavy (non-hydrogen) atoms. The molecular formula is C70H58O. The minimum atomic E-state index is -0.150. The van der Waals surface area contributed by atoms with E-state index in [4.69, 9.17) is 4.74 Å². The summed E-state index contributed by atoms with van der Waals surface area (Å²) in [7, 11) is 0. The fourth-order valence-electron chi connectivity index (χ4n) is 13.8. The van der Waals surface area contributed by atoms with Gasteiger partial charge in [0.15, 0.2) is 0 Å². The third-order valence-corrected chi connectivity index (χ3v) is 17.2. The van der Waals surface area contributed by atoms with Gasteiger partial charge in [-0.3, -0.25) is 0 Å². The lowest BCUT2D eigenvalue weighted by Gasteiger charge is -2.31. The maximum atomic E-state index is 5.86. The molecule has 0 spiro atoms. The highest BCUT2D eigenvalue weighted by Crippen LogP contribution is 2.57. The van der Waals surface area contributed by atoms with E-state index in [9.17, 15) is 0 Å². The number of ether oxygens (including phenoxy) is 1. The van der Waals surface area contributed by atoms with E-state index in [1.807, 2.05) is 6.92 Å². The van der Waals surface area contributed by atoms with Crippen molar-refractivity contribution in [2.45, 2.75) is 71.1 Å². The summed E-state index contributed by atoms with van der Waals surface area (Å²) in [5.41, 5.74) is 21.4. The highest BCUT2D eigenvalue weighted by atomic mass is 16.5. The van der Waals surface area contributed by atoms with Gasteiger partial charge in [0.25, 0.3) is 0 Å². The Kier molecular flexibility index (Phi) is 10.2. The van der Waals surface area contributed by atoms with Crippen molar-refractivity contribution in [3.63, 3.8) is 0 Å². The molecule has 1 heteroatoms. The lowest BCUT2D eigenvalue weighted by Crippen LogP contribution is -2.23. The molecule has 13 rings (SSSR count). The summed E-state index contributed by atoms with van der Waals surface area (Å²) in [6.45, 7) is 12.2. The topological polar surface area (TPSA) is 9.23 Å². The maximum Gasteiger partial charge on any atom is 0.119 e. The summed E-state index contributed by atoms with van der Waals surface area (Å²) >= 11 is 0. The van der Waals surface area contributed by atoms with Crippen LogP contribution in [0.4, 0.5) is 0 Å². The second kappa shape index (κ2) is 16.7. The molecule has 0 fully saturated rings. The van der Waals surface area contributed by atoms with Gasteiger partial charge >= 0.3 is 0 Å². The normalized spacial score (nSPS) is 13.9. The van der Waals surface area contributed by atoms with Crippen LogP contribution < -0.4 is 4.74 Å². The molecular weight excluding hydrogens is 857 g/mol. The summed E-state index contributed by atoms with van der Waals surface area (Å²) in [5, 5.41) is 10.3. The van der Waals surface area contributed by atoms with Crippen LogP contribution in [0.1, 0.15) is 82.6 Å². The van der Waals surface area contributed by atoms with Gasteiger partial charge in [-0.05, 0) is 195 Å². The lowest BCUT2D eigenvalue weighted by molar-refractivity contribution is 0.340. The van der Waals surface area contributed by atoms with Crippen LogP contribution in [0.2, 0.25) is 0 Å². The standard InChI is InChI=1S/C70H58O/c1-6-69(7-2)61-30-20-19-21-49(61)50-38-33-45(41-62(50)69)67-57-26-15-17-28-59(57)68(60-29-18-16-27-58(60)67)47-35-40-52-51-39-34-46(42-63(51)70(8-3,9-4)64(52)43-47)66-55-24-13-11-22-53(55)65(54-23-12-14-25-56(54)66)44-31-36-48(37-32-44)71-10-5/h11-43H,6-10H2,1-5H3. The van der Waals surface area contributed by atoms with Gasteiger partial charge in [-0.2, -0.15) is 0 Å². The Balaban J connectivity index is 0.971. The van der Waals surface area contributed by atoms with Crippen molar-refractivity contribution >= 4 is 43.1 Å². The van der Waals surface area contributed by atoms with Crippen molar-refractivity contribution in [1.82, 2.24) is 0 Å². The molecule has 1 nitrogen and oxygen atoms in total. The van der Waals surface area contributed by atoms with Crippen LogP contribution in [0, 0.1) is 0 Å². The minimum Gasteiger partial charge on any atom is -0.494 e. The molecule has 0 radical (unpaired) electrons. The van der Waals surface area contributed by atoms with E-state index < -0.39 is 0 Å². The number of hydrogen-bond donors (Lipinski definition) is 0. The molecule has 2 aliphatic rings. The van der Waals surface area contributed by atoms with Gasteiger partial charge < -0.3 is 4.74 Å². The molecule has 0 aliphatic heterocycles. The Morgan fingerprint density at radius 3 is 0.901 bits per heavy atom. The SMILES string of the molecule is CCOc1ccc(-c2c3ccccc3c(-c3ccc4c(c3)C(CC)(CC)c3cc(-c5c6ccccc6c(-c6ccc7c(c6)C(CC)(CC)c6ccccc6-7)c6ccccc56)ccc3-4)c3ccccc23)cc1. The average molecular weight is 915 g/mol. The number of rotatable bonds is 10. The van der Waals surface area contributed by atoms with E-state index in [1.54, 1.807) is 0 Å². The van der Waals surface area contributed by atoms with Gasteiger partial charge in [0.05, 0.1) is 6.61 Å². The van der Waals surface area contributed by atoms with Gasteiger partial charge in [0.1, 0.15) is 5.75 Å². The van der Waals surface area contributed by atoms with Crippen LogP contribution >= 0.6 is 0 Å². The third-order valence-electron chi connectivity index (χ3n) is 17.2. The Morgan fingerprint density at radius 2 is 0.563 bits per heavy atom. The molecule has 0 saturated heterocycles. The lowest BCUT2D eigenvalue weighted by atomic mass is 9.72. The zero-order chi connectivity index (χ0) is 48.0. The summed E-state index contributed by atoms with van der Waals surface area (Å²) in [6.07, 6.45) is 4.16. The van der Waals surface area contributed by atoms with E-state index in [-0.39, 0.29) is 10.8 Å². The van der Waals surface area contributed by atoms with Crippen molar-refractivity contribution in [3.8, 4) is 72.5 Å². The van der Waals surface area contributed by atoms with Crippen molar-refractivity contribution < 1.29 is 4.74 Å². The smallest absolute Gasteiger partial charge is 0.119 e. The van der Waals surface area contributed by atoms with Gasteiger partial charge in [0.2, 0.25) is 0 Å². The molecule has 11 aromatic carbocycles. The van der Waals surface area contributed by atoms with Crippen LogP contribution in [-0.4, -0.2) is 6.61 Å². The van der Waals surface area contributed by atoms with E-state index in [0.29, 0.717) is 6.61 Å². The predicted octanol–water partition coefficient (Wildman–Crippen LogP) is 19.5. The second-order valence-corrected chi connectivity index (χ2v) is 20.0. The molecule has 0 N–H and O–H groups in total. The Labute approximate surface area is 418 Å². The van der Waals surface area contributed by atoms with Gasteiger partial charge in [-0.1, -0.05) is 198 Å². The van der Waals surface area contributed by atoms with Gasteiger partial charge in [-0.15, -0.1) is 0 Å². The molecule has 344 valence electrons. The fourth-order valence-corrected chi connectivity index (χ4v) is 13.8. The predicted molar refractivity (Wildman–Crippen MR) is 303 cm³/mol. The van der Waals surface area contributed by atoms with Gasteiger partial charge in [0, 0.05) is 10.8 Å². The monoisotopic (exact) mass is 914 g/mol. The Morgan fingerprint density at radius 1 is 0.282 bits per heavy atom. The molecule has 0 aromatic heterocycles. The van der Waals surface area contributed by atoms with Gasteiger partial charge in [-0.25, -0.2) is 0 Å². The maximum absolute atomic E-state index is 5.86. The molecule has 0 heterocycles. The molecule has 0 saturated carbocycles. The summed E-state index contributed by atoms with van der Waals surface area (Å²) in [4.78, 5) is 0. The van der Waals surface area contributed by atoms with E-state index >= 15 is 0 Å². The van der Waals surface area contributed by atoms with E-state index in [1.165, 1.54) is 132 Å². The zero-order valence-electron chi connectivity index (χ0n) is 41.5. The Bertz CT molecular complexity index is 3820. The van der Waals surface area contributed by atoms with Crippen LogP contribution in [-0.2, 0) is 10.8 Å². The second-order valence-electron chi connectivity index (χ2n) is 20.0. The molecule has 2 aliphatic carbocycles. The number of benzene rings is 11. The highest BCUT2D eigenvalue weighted by molar-refractivity contribution is 6.23. The third kappa shape index (κ3) is 6.18. The first-order valence-electron chi connectivity index (χ1n) is 26.1. The molecule has 0 atom stereocenters.